The summed E-state index contributed by atoms with van der Waals surface area (Å²) in [6.45, 7) is 2.98. The van der Waals surface area contributed by atoms with Gasteiger partial charge in [0.2, 0.25) is 5.91 Å². The lowest BCUT2D eigenvalue weighted by Gasteiger charge is -2.38. The molecule has 0 radical (unpaired) electrons. The minimum absolute atomic E-state index is 0. The molecule has 0 bridgehead atoms. The van der Waals surface area contributed by atoms with E-state index in [1.165, 1.54) is 6.07 Å². The molecule has 6 nitrogen and oxygen atoms in total. The standard InChI is InChI=1S/C13H21N3O3S2.ClH/c1-10-4-5-16(11(7-10)8-14)12(17)9-15-21(18,19)13-3-2-6-20-13;/h2-3,6,10-11,15H,4-5,7-9,14H2,1H3;1H. The molecule has 2 unspecified atom stereocenters. The zero-order chi connectivity index (χ0) is 15.5. The largest absolute Gasteiger partial charge is 0.337 e. The highest BCUT2D eigenvalue weighted by molar-refractivity contribution is 7.91. The molecule has 2 atom stereocenters. The molecule has 1 aliphatic rings. The van der Waals surface area contributed by atoms with Gasteiger partial charge in [-0.2, -0.15) is 0 Å². The molecule has 126 valence electrons. The third kappa shape index (κ3) is 4.66. The summed E-state index contributed by atoms with van der Waals surface area (Å²) in [5, 5.41) is 1.69. The van der Waals surface area contributed by atoms with Gasteiger partial charge >= 0.3 is 0 Å². The second-order valence-electron chi connectivity index (χ2n) is 5.36. The van der Waals surface area contributed by atoms with Crippen LogP contribution >= 0.6 is 23.7 Å². The number of hydrogen-bond donors (Lipinski definition) is 2. The number of thiophene rings is 1. The molecule has 1 aromatic rings. The summed E-state index contributed by atoms with van der Waals surface area (Å²) >= 11 is 1.13. The molecule has 1 saturated heterocycles. The van der Waals surface area contributed by atoms with Crippen LogP contribution in [0.25, 0.3) is 0 Å². The van der Waals surface area contributed by atoms with Crippen molar-refractivity contribution in [2.45, 2.75) is 30.0 Å². The van der Waals surface area contributed by atoms with Crippen molar-refractivity contribution in [1.29, 1.82) is 0 Å². The molecule has 9 heteroatoms. The Kier molecular flexibility index (Phi) is 7.27. The van der Waals surface area contributed by atoms with Gasteiger partial charge in [-0.05, 0) is 30.2 Å². The number of nitrogens with one attached hydrogen (secondary N) is 1. The Bertz CT molecular complexity index is 577. The van der Waals surface area contributed by atoms with Crippen molar-refractivity contribution in [2.75, 3.05) is 19.6 Å². The Balaban J connectivity index is 0.00000242. The number of nitrogens with two attached hydrogens (primary N) is 1. The highest BCUT2D eigenvalue weighted by atomic mass is 35.5. The van der Waals surface area contributed by atoms with Crippen molar-refractivity contribution >= 4 is 39.7 Å². The molecule has 0 spiro atoms. The number of hydrogen-bond acceptors (Lipinski definition) is 5. The summed E-state index contributed by atoms with van der Waals surface area (Å²) in [7, 11) is -3.60. The lowest BCUT2D eigenvalue weighted by Crippen LogP contribution is -2.52. The minimum Gasteiger partial charge on any atom is -0.337 e. The smallest absolute Gasteiger partial charge is 0.250 e. The van der Waals surface area contributed by atoms with E-state index in [-0.39, 0.29) is 35.1 Å². The summed E-state index contributed by atoms with van der Waals surface area (Å²) in [6, 6.07) is 3.19. The molecule has 0 aliphatic carbocycles. The van der Waals surface area contributed by atoms with Crippen LogP contribution in [0.15, 0.2) is 21.7 Å². The second kappa shape index (κ2) is 8.26. The van der Waals surface area contributed by atoms with Gasteiger partial charge in [0.05, 0.1) is 6.54 Å². The fourth-order valence-corrected chi connectivity index (χ4v) is 4.56. The van der Waals surface area contributed by atoms with Crippen LogP contribution in [0.1, 0.15) is 19.8 Å². The van der Waals surface area contributed by atoms with E-state index in [0.29, 0.717) is 19.0 Å². The van der Waals surface area contributed by atoms with E-state index in [1.54, 1.807) is 16.3 Å². The van der Waals surface area contributed by atoms with Gasteiger partial charge < -0.3 is 10.6 Å². The number of halogens is 1. The van der Waals surface area contributed by atoms with Crippen molar-refractivity contribution in [3.05, 3.63) is 17.5 Å². The molecule has 2 rings (SSSR count). The van der Waals surface area contributed by atoms with Gasteiger partial charge in [0.25, 0.3) is 10.0 Å². The first-order chi connectivity index (χ1) is 9.94. The number of likely N-dealkylation sites (tertiary alicyclic amines) is 1. The first-order valence-electron chi connectivity index (χ1n) is 6.96. The van der Waals surface area contributed by atoms with Gasteiger partial charge in [0.15, 0.2) is 0 Å². The summed E-state index contributed by atoms with van der Waals surface area (Å²) in [5.74, 6) is 0.336. The first kappa shape index (κ1) is 19.4. The number of nitrogens with zero attached hydrogens (tertiary/aromatic N) is 1. The van der Waals surface area contributed by atoms with Gasteiger partial charge in [-0.15, -0.1) is 23.7 Å². The van der Waals surface area contributed by atoms with Crippen molar-refractivity contribution in [3.8, 4) is 0 Å². The third-order valence-electron chi connectivity index (χ3n) is 3.74. The van der Waals surface area contributed by atoms with E-state index in [0.717, 1.165) is 24.2 Å². The normalized spacial score (nSPS) is 22.2. The van der Waals surface area contributed by atoms with Crippen molar-refractivity contribution in [1.82, 2.24) is 9.62 Å². The summed E-state index contributed by atoms with van der Waals surface area (Å²) in [5.41, 5.74) is 5.72. The van der Waals surface area contributed by atoms with E-state index >= 15 is 0 Å². The number of sulfonamides is 1. The van der Waals surface area contributed by atoms with E-state index in [9.17, 15) is 13.2 Å². The van der Waals surface area contributed by atoms with Crippen molar-refractivity contribution < 1.29 is 13.2 Å². The van der Waals surface area contributed by atoms with Crippen LogP contribution in [0.5, 0.6) is 0 Å². The van der Waals surface area contributed by atoms with Crippen LogP contribution in [0, 0.1) is 5.92 Å². The number of piperidine rings is 1. The summed E-state index contributed by atoms with van der Waals surface area (Å²) in [6.07, 6.45) is 1.81. The van der Waals surface area contributed by atoms with Gasteiger partial charge in [0.1, 0.15) is 4.21 Å². The molecule has 1 aromatic heterocycles. The number of rotatable bonds is 5. The Hall–Kier alpha value is -0.670. The highest BCUT2D eigenvalue weighted by Gasteiger charge is 2.29. The summed E-state index contributed by atoms with van der Waals surface area (Å²) < 4.78 is 26.6. The Morgan fingerprint density at radius 1 is 1.55 bits per heavy atom. The monoisotopic (exact) mass is 367 g/mol. The molecule has 2 heterocycles. The first-order valence-corrected chi connectivity index (χ1v) is 9.33. The summed E-state index contributed by atoms with van der Waals surface area (Å²) in [4.78, 5) is 13.9. The van der Waals surface area contributed by atoms with Crippen LogP contribution in [0.2, 0.25) is 0 Å². The lowest BCUT2D eigenvalue weighted by molar-refractivity contribution is -0.133. The quantitative estimate of drug-likeness (QED) is 0.813. The fourth-order valence-electron chi connectivity index (χ4n) is 2.55. The Morgan fingerprint density at radius 3 is 2.86 bits per heavy atom. The second-order valence-corrected chi connectivity index (χ2v) is 8.30. The predicted octanol–water partition coefficient (Wildman–Crippen LogP) is 1.03. The molecular weight excluding hydrogens is 346 g/mol. The fraction of sp³-hybridized carbons (Fsp3) is 0.615. The average molecular weight is 368 g/mol. The average Bonchev–Trinajstić information content (AvgIpc) is 2.99. The van der Waals surface area contributed by atoms with E-state index in [4.69, 9.17) is 5.73 Å². The van der Waals surface area contributed by atoms with Crippen molar-refractivity contribution in [2.24, 2.45) is 11.7 Å². The van der Waals surface area contributed by atoms with Crippen LogP contribution in [-0.2, 0) is 14.8 Å². The molecule has 1 amide bonds. The molecule has 0 saturated carbocycles. The Morgan fingerprint density at radius 2 is 2.27 bits per heavy atom. The maximum absolute atomic E-state index is 12.2. The van der Waals surface area contributed by atoms with Gasteiger partial charge in [0, 0.05) is 19.1 Å². The van der Waals surface area contributed by atoms with E-state index in [2.05, 4.69) is 11.6 Å². The molecule has 3 N–H and O–H groups in total. The molecule has 0 aromatic carbocycles. The molecule has 1 aliphatic heterocycles. The van der Waals surface area contributed by atoms with Crippen molar-refractivity contribution in [3.63, 3.8) is 0 Å². The zero-order valence-electron chi connectivity index (χ0n) is 12.4. The van der Waals surface area contributed by atoms with Gasteiger partial charge in [-0.25, -0.2) is 13.1 Å². The third-order valence-corrected chi connectivity index (χ3v) is 6.54. The molecule has 22 heavy (non-hydrogen) atoms. The van der Waals surface area contributed by atoms with Crippen LogP contribution in [-0.4, -0.2) is 44.9 Å². The van der Waals surface area contributed by atoms with Crippen LogP contribution in [0.3, 0.4) is 0 Å². The van der Waals surface area contributed by atoms with E-state index in [1.807, 2.05) is 0 Å². The lowest BCUT2D eigenvalue weighted by atomic mass is 9.92. The number of carbonyl (C=O) groups excluding carboxylic acids is 1. The number of carbonyl (C=O) groups is 1. The van der Waals surface area contributed by atoms with Crippen LogP contribution < -0.4 is 10.5 Å². The maximum atomic E-state index is 12.2. The SMILES string of the molecule is CC1CCN(C(=O)CNS(=O)(=O)c2cccs2)C(CN)C1.Cl. The van der Waals surface area contributed by atoms with Gasteiger partial charge in [-0.1, -0.05) is 13.0 Å². The molecular formula is C13H22ClN3O3S2. The predicted molar refractivity (Wildman–Crippen MR) is 89.7 cm³/mol. The maximum Gasteiger partial charge on any atom is 0.250 e. The topological polar surface area (TPSA) is 92.5 Å². The Labute approximate surface area is 141 Å². The zero-order valence-corrected chi connectivity index (χ0v) is 14.8. The van der Waals surface area contributed by atoms with Gasteiger partial charge in [-0.3, -0.25) is 4.79 Å². The highest BCUT2D eigenvalue weighted by Crippen LogP contribution is 2.22. The molecule has 1 fully saturated rings. The van der Waals surface area contributed by atoms with E-state index < -0.39 is 10.0 Å². The minimum atomic E-state index is -3.60. The van der Waals surface area contributed by atoms with Crippen LogP contribution in [0.4, 0.5) is 0 Å². The number of amides is 1.